The molecule has 4 nitrogen and oxygen atoms in total. The van der Waals surface area contributed by atoms with Gasteiger partial charge >= 0.3 is 0 Å². The minimum absolute atomic E-state index is 0.232. The van der Waals surface area contributed by atoms with Crippen LogP contribution in [0.4, 0.5) is 0 Å². The highest BCUT2D eigenvalue weighted by Gasteiger charge is 2.24. The van der Waals surface area contributed by atoms with Gasteiger partial charge in [-0.25, -0.2) is 8.42 Å². The van der Waals surface area contributed by atoms with E-state index in [4.69, 9.17) is 0 Å². The Morgan fingerprint density at radius 3 is 2.67 bits per heavy atom. The van der Waals surface area contributed by atoms with E-state index in [0.29, 0.717) is 12.6 Å². The van der Waals surface area contributed by atoms with Crippen molar-refractivity contribution in [1.82, 2.24) is 10.2 Å². The summed E-state index contributed by atoms with van der Waals surface area (Å²) in [6.45, 7) is 6.37. The van der Waals surface area contributed by atoms with Gasteiger partial charge in [-0.1, -0.05) is 37.3 Å². The summed E-state index contributed by atoms with van der Waals surface area (Å²) < 4.78 is 23.5. The van der Waals surface area contributed by atoms with Crippen LogP contribution in [0, 0.1) is 0 Å². The van der Waals surface area contributed by atoms with Gasteiger partial charge in [0, 0.05) is 30.9 Å². The Morgan fingerprint density at radius 1 is 1.29 bits per heavy atom. The Labute approximate surface area is 128 Å². The van der Waals surface area contributed by atoms with Crippen molar-refractivity contribution in [3.8, 4) is 0 Å². The maximum absolute atomic E-state index is 11.7. The zero-order valence-corrected chi connectivity index (χ0v) is 13.8. The molecular weight excluding hydrogens is 284 g/mol. The Bertz CT molecular complexity index is 530. The second kappa shape index (κ2) is 7.38. The van der Waals surface area contributed by atoms with E-state index >= 15 is 0 Å². The lowest BCUT2D eigenvalue weighted by Gasteiger charge is -2.29. The number of hydrogen-bond acceptors (Lipinski definition) is 4. The van der Waals surface area contributed by atoms with Crippen LogP contribution in [0.25, 0.3) is 0 Å². The number of nitrogens with one attached hydrogen (secondary N) is 1. The predicted octanol–water partition coefficient (Wildman–Crippen LogP) is 1.85. The highest BCUT2D eigenvalue weighted by Crippen LogP contribution is 2.19. The zero-order chi connectivity index (χ0) is 15.3. The van der Waals surface area contributed by atoms with E-state index in [2.05, 4.69) is 41.4 Å². The Morgan fingerprint density at radius 2 is 2.00 bits per heavy atom. The van der Waals surface area contributed by atoms with Crippen molar-refractivity contribution < 1.29 is 8.42 Å². The molecule has 0 aliphatic carbocycles. The fourth-order valence-corrected chi connectivity index (χ4v) is 3.55. The molecule has 0 bridgehead atoms. The van der Waals surface area contributed by atoms with Crippen LogP contribution in [0.5, 0.6) is 0 Å². The Kier molecular flexibility index (Phi) is 5.79. The standard InChI is InChI=1S/C16H26N2O2S/c1-3-21(19,20)12-11-18-13-16(17-10-9-14(18)2)15-7-5-4-6-8-15/h4-8,14,16-17H,3,9-13H2,1-2H3. The zero-order valence-electron chi connectivity index (χ0n) is 13.0. The van der Waals surface area contributed by atoms with Crippen molar-refractivity contribution in [2.45, 2.75) is 32.4 Å². The number of nitrogens with zero attached hydrogens (tertiary/aromatic N) is 1. The first-order valence-corrected chi connectivity index (χ1v) is 9.57. The molecule has 0 spiro atoms. The number of rotatable bonds is 5. The van der Waals surface area contributed by atoms with Gasteiger partial charge < -0.3 is 5.32 Å². The molecule has 5 heteroatoms. The first-order chi connectivity index (χ1) is 10.0. The SMILES string of the molecule is CCS(=O)(=O)CCN1CC(c2ccccc2)NCCC1C. The van der Waals surface area contributed by atoms with Crippen LogP contribution in [-0.2, 0) is 9.84 Å². The normalized spacial score (nSPS) is 24.7. The summed E-state index contributed by atoms with van der Waals surface area (Å²) in [5.74, 6) is 0.491. The lowest BCUT2D eigenvalue weighted by molar-refractivity contribution is 0.217. The molecule has 1 aromatic rings. The van der Waals surface area contributed by atoms with Gasteiger partial charge in [-0.15, -0.1) is 0 Å². The molecule has 1 aliphatic rings. The van der Waals surface area contributed by atoms with Gasteiger partial charge in [0.2, 0.25) is 0 Å². The third kappa shape index (κ3) is 4.80. The van der Waals surface area contributed by atoms with Crippen LogP contribution in [0.15, 0.2) is 30.3 Å². The number of sulfone groups is 1. The molecule has 1 fully saturated rings. The van der Waals surface area contributed by atoms with E-state index in [1.165, 1.54) is 5.56 Å². The summed E-state index contributed by atoms with van der Waals surface area (Å²) >= 11 is 0. The van der Waals surface area contributed by atoms with Crippen molar-refractivity contribution in [3.05, 3.63) is 35.9 Å². The van der Waals surface area contributed by atoms with Gasteiger partial charge in [-0.3, -0.25) is 4.90 Å². The minimum Gasteiger partial charge on any atom is -0.309 e. The molecule has 1 saturated heterocycles. The van der Waals surface area contributed by atoms with Crippen LogP contribution < -0.4 is 5.32 Å². The van der Waals surface area contributed by atoms with E-state index in [0.717, 1.165) is 19.5 Å². The second-order valence-electron chi connectivity index (χ2n) is 5.79. The first-order valence-electron chi connectivity index (χ1n) is 7.74. The molecule has 0 amide bonds. The lowest BCUT2D eigenvalue weighted by Crippen LogP contribution is -2.39. The molecule has 1 aliphatic heterocycles. The van der Waals surface area contributed by atoms with Crippen LogP contribution in [-0.4, -0.2) is 50.5 Å². The van der Waals surface area contributed by atoms with Crippen molar-refractivity contribution in [2.75, 3.05) is 31.1 Å². The fraction of sp³-hybridized carbons (Fsp3) is 0.625. The topological polar surface area (TPSA) is 49.4 Å². The maximum atomic E-state index is 11.7. The summed E-state index contributed by atoms with van der Waals surface area (Å²) in [7, 11) is -2.90. The lowest BCUT2D eigenvalue weighted by atomic mass is 10.1. The summed E-state index contributed by atoms with van der Waals surface area (Å²) in [6, 6.07) is 11.1. The summed E-state index contributed by atoms with van der Waals surface area (Å²) in [6.07, 6.45) is 1.05. The number of hydrogen-bond donors (Lipinski definition) is 1. The minimum atomic E-state index is -2.90. The van der Waals surface area contributed by atoms with Crippen molar-refractivity contribution >= 4 is 9.84 Å². The molecule has 2 rings (SSSR count). The molecule has 0 aromatic heterocycles. The van der Waals surface area contributed by atoms with Crippen LogP contribution in [0.2, 0.25) is 0 Å². The van der Waals surface area contributed by atoms with Crippen molar-refractivity contribution in [1.29, 1.82) is 0 Å². The quantitative estimate of drug-likeness (QED) is 0.902. The number of benzene rings is 1. The third-order valence-electron chi connectivity index (χ3n) is 4.32. The van der Waals surface area contributed by atoms with Gasteiger partial charge in [0.15, 0.2) is 9.84 Å². The highest BCUT2D eigenvalue weighted by atomic mass is 32.2. The van der Waals surface area contributed by atoms with Crippen LogP contribution in [0.1, 0.15) is 31.9 Å². The van der Waals surface area contributed by atoms with Gasteiger partial charge in [-0.05, 0) is 25.5 Å². The largest absolute Gasteiger partial charge is 0.309 e. The monoisotopic (exact) mass is 310 g/mol. The average molecular weight is 310 g/mol. The van der Waals surface area contributed by atoms with Gasteiger partial charge in [-0.2, -0.15) is 0 Å². The summed E-state index contributed by atoms with van der Waals surface area (Å²) in [4.78, 5) is 2.31. The molecule has 1 N–H and O–H groups in total. The van der Waals surface area contributed by atoms with Gasteiger partial charge in [0.1, 0.15) is 0 Å². The molecule has 1 heterocycles. The van der Waals surface area contributed by atoms with Crippen molar-refractivity contribution in [3.63, 3.8) is 0 Å². The van der Waals surface area contributed by atoms with E-state index in [-0.39, 0.29) is 17.5 Å². The molecule has 0 radical (unpaired) electrons. The van der Waals surface area contributed by atoms with Crippen LogP contribution >= 0.6 is 0 Å². The molecule has 21 heavy (non-hydrogen) atoms. The molecule has 118 valence electrons. The molecule has 1 aromatic carbocycles. The second-order valence-corrected chi connectivity index (χ2v) is 8.26. The predicted molar refractivity (Wildman–Crippen MR) is 87.2 cm³/mol. The third-order valence-corrected chi connectivity index (χ3v) is 6.01. The Hall–Kier alpha value is -0.910. The molecule has 0 saturated carbocycles. The van der Waals surface area contributed by atoms with E-state index in [9.17, 15) is 8.42 Å². The Balaban J connectivity index is 2.05. The van der Waals surface area contributed by atoms with Crippen LogP contribution in [0.3, 0.4) is 0 Å². The van der Waals surface area contributed by atoms with E-state index in [1.54, 1.807) is 6.92 Å². The van der Waals surface area contributed by atoms with Crippen molar-refractivity contribution in [2.24, 2.45) is 0 Å². The van der Waals surface area contributed by atoms with E-state index < -0.39 is 9.84 Å². The molecular formula is C16H26N2O2S. The smallest absolute Gasteiger partial charge is 0.151 e. The summed E-state index contributed by atoms with van der Waals surface area (Å²) in [5.41, 5.74) is 1.27. The highest BCUT2D eigenvalue weighted by molar-refractivity contribution is 7.91. The average Bonchev–Trinajstić information content (AvgIpc) is 2.68. The van der Waals surface area contributed by atoms with Gasteiger partial charge in [0.25, 0.3) is 0 Å². The molecule has 2 unspecified atom stereocenters. The fourth-order valence-electron chi connectivity index (χ4n) is 2.75. The van der Waals surface area contributed by atoms with E-state index in [1.807, 2.05) is 6.07 Å². The maximum Gasteiger partial charge on any atom is 0.151 e. The summed E-state index contributed by atoms with van der Waals surface area (Å²) in [5, 5.41) is 3.58. The molecule has 2 atom stereocenters. The first kappa shape index (κ1) is 16.5. The van der Waals surface area contributed by atoms with Gasteiger partial charge in [0.05, 0.1) is 5.75 Å².